The predicted molar refractivity (Wildman–Crippen MR) is 84.6 cm³/mol. The molecule has 1 spiro atoms. The van der Waals surface area contributed by atoms with E-state index in [4.69, 9.17) is 4.74 Å². The lowest BCUT2D eigenvalue weighted by atomic mass is 9.74. The van der Waals surface area contributed by atoms with Crippen molar-refractivity contribution in [3.8, 4) is 0 Å². The largest absolute Gasteiger partial charge is 0.444 e. The van der Waals surface area contributed by atoms with Gasteiger partial charge in [-0.1, -0.05) is 24.3 Å². The summed E-state index contributed by atoms with van der Waals surface area (Å²) in [5, 5.41) is 10.7. The van der Waals surface area contributed by atoms with E-state index in [0.29, 0.717) is 13.1 Å². The Morgan fingerprint density at radius 1 is 1.27 bits per heavy atom. The van der Waals surface area contributed by atoms with Crippen molar-refractivity contribution in [2.75, 3.05) is 13.1 Å². The monoisotopic (exact) mass is 303 g/mol. The van der Waals surface area contributed by atoms with Crippen LogP contribution in [0.25, 0.3) is 0 Å². The fraction of sp³-hybridized carbons (Fsp3) is 0.611. The molecule has 1 N–H and O–H groups in total. The van der Waals surface area contributed by atoms with Gasteiger partial charge in [0, 0.05) is 18.5 Å². The van der Waals surface area contributed by atoms with Gasteiger partial charge in [0.05, 0.1) is 6.10 Å². The van der Waals surface area contributed by atoms with Gasteiger partial charge in [0.1, 0.15) is 5.60 Å². The number of nitrogens with zero attached hydrogens (tertiary/aromatic N) is 1. The maximum atomic E-state index is 12.2. The second kappa shape index (κ2) is 5.27. The first kappa shape index (κ1) is 15.3. The molecule has 1 fully saturated rings. The molecule has 0 aromatic heterocycles. The topological polar surface area (TPSA) is 49.8 Å². The minimum atomic E-state index is -0.463. The molecule has 0 bridgehead atoms. The van der Waals surface area contributed by atoms with Crippen LogP contribution in [0.4, 0.5) is 4.79 Å². The number of amides is 1. The summed E-state index contributed by atoms with van der Waals surface area (Å²) in [5.74, 6) is 0. The molecule has 1 heterocycles. The third kappa shape index (κ3) is 2.72. The Balaban J connectivity index is 1.67. The van der Waals surface area contributed by atoms with Crippen LogP contribution in [0.2, 0.25) is 0 Å². The zero-order valence-electron chi connectivity index (χ0n) is 13.6. The van der Waals surface area contributed by atoms with E-state index in [2.05, 4.69) is 6.07 Å². The molecule has 4 heteroatoms. The maximum absolute atomic E-state index is 12.2. The van der Waals surface area contributed by atoms with E-state index in [1.807, 2.05) is 39.0 Å². The SMILES string of the molecule is CC(C)(C)OC(=O)N1CCC2(CC1)Cc1ccccc1C2O. The van der Waals surface area contributed by atoms with E-state index in [9.17, 15) is 9.90 Å². The smallest absolute Gasteiger partial charge is 0.410 e. The van der Waals surface area contributed by atoms with Crippen LogP contribution in [0.3, 0.4) is 0 Å². The number of piperidine rings is 1. The summed E-state index contributed by atoms with van der Waals surface area (Å²) in [4.78, 5) is 13.9. The Bertz CT molecular complexity index is 568. The fourth-order valence-electron chi connectivity index (χ4n) is 3.68. The fourth-order valence-corrected chi connectivity index (χ4v) is 3.68. The molecule has 0 saturated carbocycles. The van der Waals surface area contributed by atoms with Gasteiger partial charge in [0.25, 0.3) is 0 Å². The second-order valence-corrected chi connectivity index (χ2v) is 7.61. The summed E-state index contributed by atoms with van der Waals surface area (Å²) in [7, 11) is 0. The zero-order valence-corrected chi connectivity index (χ0v) is 13.6. The second-order valence-electron chi connectivity index (χ2n) is 7.61. The number of hydrogen-bond acceptors (Lipinski definition) is 3. The average Bonchev–Trinajstić information content (AvgIpc) is 2.71. The molecule has 3 rings (SSSR count). The Morgan fingerprint density at radius 2 is 1.91 bits per heavy atom. The highest BCUT2D eigenvalue weighted by atomic mass is 16.6. The van der Waals surface area contributed by atoms with Gasteiger partial charge in [-0.05, 0) is 51.2 Å². The van der Waals surface area contributed by atoms with Gasteiger partial charge >= 0.3 is 6.09 Å². The third-order valence-electron chi connectivity index (χ3n) is 4.88. The van der Waals surface area contributed by atoms with E-state index < -0.39 is 11.7 Å². The van der Waals surface area contributed by atoms with E-state index in [1.54, 1.807) is 4.90 Å². The number of fused-ring (bicyclic) bond motifs is 1. The van der Waals surface area contributed by atoms with Crippen molar-refractivity contribution in [1.82, 2.24) is 4.90 Å². The number of aliphatic hydroxyl groups is 1. The molecule has 1 aromatic rings. The number of rotatable bonds is 0. The molecule has 4 nitrogen and oxygen atoms in total. The Hall–Kier alpha value is -1.55. The van der Waals surface area contributed by atoms with Crippen LogP contribution in [0.15, 0.2) is 24.3 Å². The third-order valence-corrected chi connectivity index (χ3v) is 4.88. The molecule has 1 saturated heterocycles. The lowest BCUT2D eigenvalue weighted by Crippen LogP contribution is -2.46. The number of hydrogen-bond donors (Lipinski definition) is 1. The first-order valence-electron chi connectivity index (χ1n) is 8.05. The lowest BCUT2D eigenvalue weighted by molar-refractivity contribution is -0.0255. The molecule has 1 aliphatic heterocycles. The molecular formula is C18H25NO3. The Morgan fingerprint density at radius 3 is 2.50 bits per heavy atom. The van der Waals surface area contributed by atoms with Gasteiger partial charge in [0.2, 0.25) is 0 Å². The molecule has 1 aliphatic carbocycles. The van der Waals surface area contributed by atoms with Crippen LogP contribution in [0.1, 0.15) is 50.8 Å². The van der Waals surface area contributed by atoms with E-state index in [-0.39, 0.29) is 11.5 Å². The molecule has 22 heavy (non-hydrogen) atoms. The molecule has 0 radical (unpaired) electrons. The van der Waals surface area contributed by atoms with Crippen molar-refractivity contribution < 1.29 is 14.6 Å². The molecule has 1 unspecified atom stereocenters. The van der Waals surface area contributed by atoms with E-state index in [0.717, 1.165) is 24.8 Å². The number of ether oxygens (including phenoxy) is 1. The van der Waals surface area contributed by atoms with Gasteiger partial charge in [0.15, 0.2) is 0 Å². The van der Waals surface area contributed by atoms with Gasteiger partial charge in [-0.15, -0.1) is 0 Å². The van der Waals surface area contributed by atoms with Crippen molar-refractivity contribution in [3.05, 3.63) is 35.4 Å². The molecule has 1 aromatic carbocycles. The summed E-state index contributed by atoms with van der Waals surface area (Å²) in [6.07, 6.45) is 1.90. The van der Waals surface area contributed by atoms with Gasteiger partial charge in [-0.2, -0.15) is 0 Å². The normalized spacial score (nSPS) is 23.5. The van der Waals surface area contributed by atoms with Crippen LogP contribution >= 0.6 is 0 Å². The van der Waals surface area contributed by atoms with Crippen molar-refractivity contribution in [3.63, 3.8) is 0 Å². The summed E-state index contributed by atoms with van der Waals surface area (Å²) >= 11 is 0. The number of aliphatic hydroxyl groups excluding tert-OH is 1. The van der Waals surface area contributed by atoms with Crippen LogP contribution < -0.4 is 0 Å². The molecule has 120 valence electrons. The van der Waals surface area contributed by atoms with Crippen LogP contribution in [-0.2, 0) is 11.2 Å². The Kier molecular flexibility index (Phi) is 3.68. The quantitative estimate of drug-likeness (QED) is 0.800. The predicted octanol–water partition coefficient (Wildman–Crippen LogP) is 3.29. The molecule has 1 atom stereocenters. The highest BCUT2D eigenvalue weighted by Gasteiger charge is 2.47. The van der Waals surface area contributed by atoms with Gasteiger partial charge in [-0.25, -0.2) is 4.79 Å². The van der Waals surface area contributed by atoms with E-state index >= 15 is 0 Å². The average molecular weight is 303 g/mol. The highest BCUT2D eigenvalue weighted by molar-refractivity contribution is 5.68. The standard InChI is InChI=1S/C18H25NO3/c1-17(2,3)22-16(21)19-10-8-18(9-11-19)12-13-6-4-5-7-14(13)15(18)20/h4-7,15,20H,8-12H2,1-3H3. The number of carbonyl (C=O) groups is 1. The van der Waals surface area contributed by atoms with Crippen molar-refractivity contribution in [2.45, 2.75) is 51.7 Å². The minimum Gasteiger partial charge on any atom is -0.444 e. The van der Waals surface area contributed by atoms with Gasteiger partial charge in [-0.3, -0.25) is 0 Å². The summed E-state index contributed by atoms with van der Waals surface area (Å²) in [5.41, 5.74) is 1.74. The zero-order chi connectivity index (χ0) is 16.0. The van der Waals surface area contributed by atoms with Crippen molar-refractivity contribution >= 4 is 6.09 Å². The molecule has 1 amide bonds. The Labute approximate surface area is 132 Å². The first-order valence-corrected chi connectivity index (χ1v) is 8.05. The van der Waals surface area contributed by atoms with Crippen LogP contribution in [0.5, 0.6) is 0 Å². The van der Waals surface area contributed by atoms with Crippen LogP contribution in [-0.4, -0.2) is 34.8 Å². The van der Waals surface area contributed by atoms with Crippen LogP contribution in [0, 0.1) is 5.41 Å². The summed E-state index contributed by atoms with van der Waals surface area (Å²) < 4.78 is 5.44. The maximum Gasteiger partial charge on any atom is 0.410 e. The van der Waals surface area contributed by atoms with E-state index in [1.165, 1.54) is 5.56 Å². The summed E-state index contributed by atoms with van der Waals surface area (Å²) in [6.45, 7) is 6.95. The molecule has 2 aliphatic rings. The summed E-state index contributed by atoms with van der Waals surface area (Å²) in [6, 6.07) is 8.14. The number of carbonyl (C=O) groups excluding carboxylic acids is 1. The lowest BCUT2D eigenvalue weighted by Gasteiger charge is -2.41. The first-order chi connectivity index (χ1) is 10.3. The van der Waals surface area contributed by atoms with Gasteiger partial charge < -0.3 is 14.7 Å². The highest BCUT2D eigenvalue weighted by Crippen LogP contribution is 2.51. The minimum absolute atomic E-state index is 0.109. The van der Waals surface area contributed by atoms with Crippen molar-refractivity contribution in [2.24, 2.45) is 5.41 Å². The number of benzene rings is 1. The molecular weight excluding hydrogens is 278 g/mol. The van der Waals surface area contributed by atoms with Crippen molar-refractivity contribution in [1.29, 1.82) is 0 Å². The number of likely N-dealkylation sites (tertiary alicyclic amines) is 1.